The zero-order chi connectivity index (χ0) is 14.1. The van der Waals surface area contributed by atoms with E-state index < -0.39 is 11.9 Å². The van der Waals surface area contributed by atoms with Crippen LogP contribution in [0.15, 0.2) is 30.7 Å². The largest absolute Gasteiger partial charge is 0.487 e. The van der Waals surface area contributed by atoms with Gasteiger partial charge in [-0.15, -0.1) is 0 Å². The van der Waals surface area contributed by atoms with E-state index in [2.05, 4.69) is 9.55 Å². The highest BCUT2D eigenvalue weighted by Gasteiger charge is 2.25. The molecule has 3 rings (SSSR count). The highest BCUT2D eigenvalue weighted by atomic mass is 19.1. The van der Waals surface area contributed by atoms with E-state index in [-0.39, 0.29) is 5.56 Å². The molecule has 4 nitrogen and oxygen atoms in total. The van der Waals surface area contributed by atoms with Crippen molar-refractivity contribution in [3.63, 3.8) is 0 Å². The molecule has 106 valence electrons. The summed E-state index contributed by atoms with van der Waals surface area (Å²) in [5.74, 6) is 0.00338. The van der Waals surface area contributed by atoms with Crippen LogP contribution in [0.5, 0.6) is 5.75 Å². The van der Waals surface area contributed by atoms with E-state index in [4.69, 9.17) is 4.74 Å². The van der Waals surface area contributed by atoms with Crippen molar-refractivity contribution in [3.05, 3.63) is 47.8 Å². The Morgan fingerprint density at radius 1 is 1.50 bits per heavy atom. The number of hydrogen-bond donors (Lipinski definition) is 1. The fourth-order valence-electron chi connectivity index (χ4n) is 2.22. The lowest BCUT2D eigenvalue weighted by molar-refractivity contribution is 0.193. The Morgan fingerprint density at radius 3 is 2.95 bits per heavy atom. The summed E-state index contributed by atoms with van der Waals surface area (Å²) in [6, 6.07) is 5.07. The number of imidazole rings is 1. The summed E-state index contributed by atoms with van der Waals surface area (Å²) in [5, 5.41) is 9.39. The number of rotatable bonds is 5. The molecule has 0 amide bonds. The minimum absolute atomic E-state index is 0.278. The van der Waals surface area contributed by atoms with Gasteiger partial charge in [-0.2, -0.15) is 0 Å². The Balaban J connectivity index is 1.69. The molecule has 1 aromatic heterocycles. The summed E-state index contributed by atoms with van der Waals surface area (Å²) >= 11 is 0. The predicted octanol–water partition coefficient (Wildman–Crippen LogP) is 2.99. The SMILES string of the molecule is C[C@H](O)c1ccc(OCc2cncn2C2CC2)cc1F. The Labute approximate surface area is 116 Å². The smallest absolute Gasteiger partial charge is 0.132 e. The van der Waals surface area contributed by atoms with E-state index in [0.717, 1.165) is 5.69 Å². The van der Waals surface area contributed by atoms with Crippen molar-refractivity contribution >= 4 is 0 Å². The zero-order valence-electron chi connectivity index (χ0n) is 11.3. The zero-order valence-corrected chi connectivity index (χ0v) is 11.3. The summed E-state index contributed by atoms with van der Waals surface area (Å²) in [6.45, 7) is 1.90. The van der Waals surface area contributed by atoms with Crippen LogP contribution < -0.4 is 4.74 Å². The molecule has 1 atom stereocenters. The summed E-state index contributed by atoms with van der Waals surface area (Å²) in [6.07, 6.45) is 5.13. The minimum atomic E-state index is -0.819. The van der Waals surface area contributed by atoms with E-state index in [9.17, 15) is 9.50 Å². The summed E-state index contributed by atoms with van der Waals surface area (Å²) < 4.78 is 21.4. The molecule has 1 heterocycles. The molecule has 0 aliphatic heterocycles. The molecular formula is C15H17FN2O2. The third kappa shape index (κ3) is 2.67. The topological polar surface area (TPSA) is 47.3 Å². The Kier molecular flexibility index (Phi) is 3.44. The number of halogens is 1. The molecule has 1 saturated carbocycles. The third-order valence-corrected chi connectivity index (χ3v) is 3.50. The van der Waals surface area contributed by atoms with Crippen LogP contribution in [0.4, 0.5) is 4.39 Å². The number of benzene rings is 1. The van der Waals surface area contributed by atoms with Gasteiger partial charge in [-0.25, -0.2) is 9.37 Å². The number of hydrogen-bond acceptors (Lipinski definition) is 3. The van der Waals surface area contributed by atoms with Gasteiger partial charge in [-0.3, -0.25) is 0 Å². The molecule has 0 spiro atoms. The average molecular weight is 276 g/mol. The van der Waals surface area contributed by atoms with Crippen LogP contribution >= 0.6 is 0 Å². The van der Waals surface area contributed by atoms with Crippen LogP contribution in [0.2, 0.25) is 0 Å². The normalized spacial score (nSPS) is 16.1. The van der Waals surface area contributed by atoms with Crippen LogP contribution in [0.1, 0.15) is 43.2 Å². The lowest BCUT2D eigenvalue weighted by Gasteiger charge is -2.11. The van der Waals surface area contributed by atoms with Crippen molar-refractivity contribution in [1.29, 1.82) is 0 Å². The van der Waals surface area contributed by atoms with Gasteiger partial charge in [0.1, 0.15) is 18.2 Å². The molecule has 1 fully saturated rings. The van der Waals surface area contributed by atoms with Gasteiger partial charge in [0.2, 0.25) is 0 Å². The second-order valence-corrected chi connectivity index (χ2v) is 5.17. The Hall–Kier alpha value is -1.88. The lowest BCUT2D eigenvalue weighted by atomic mass is 10.1. The highest BCUT2D eigenvalue weighted by Crippen LogP contribution is 2.35. The van der Waals surface area contributed by atoms with Gasteiger partial charge < -0.3 is 14.4 Å². The van der Waals surface area contributed by atoms with E-state index >= 15 is 0 Å². The second-order valence-electron chi connectivity index (χ2n) is 5.17. The first kappa shape index (κ1) is 13.1. The maximum absolute atomic E-state index is 13.7. The maximum atomic E-state index is 13.7. The van der Waals surface area contributed by atoms with Crippen LogP contribution in [-0.2, 0) is 6.61 Å². The van der Waals surface area contributed by atoms with E-state index in [1.165, 1.54) is 25.8 Å². The van der Waals surface area contributed by atoms with Crippen molar-refractivity contribution in [3.8, 4) is 5.75 Å². The van der Waals surface area contributed by atoms with Crippen molar-refractivity contribution in [1.82, 2.24) is 9.55 Å². The van der Waals surface area contributed by atoms with E-state index in [0.29, 0.717) is 18.4 Å². The number of ether oxygens (including phenoxy) is 1. The van der Waals surface area contributed by atoms with Gasteiger partial charge in [0.15, 0.2) is 0 Å². The fraction of sp³-hybridized carbons (Fsp3) is 0.400. The molecule has 0 saturated heterocycles. The first-order valence-corrected chi connectivity index (χ1v) is 6.76. The standard InChI is InChI=1S/C15H17FN2O2/c1-10(19)14-5-4-13(6-15(14)16)20-8-12-7-17-9-18(12)11-2-3-11/h4-7,9-11,19H,2-3,8H2,1H3/t10-/m0/s1. The molecular weight excluding hydrogens is 259 g/mol. The van der Waals surface area contributed by atoms with Crippen molar-refractivity contribution in [2.45, 2.75) is 38.5 Å². The first-order chi connectivity index (χ1) is 9.65. The second kappa shape index (κ2) is 5.25. The first-order valence-electron chi connectivity index (χ1n) is 6.76. The van der Waals surface area contributed by atoms with E-state index in [1.54, 1.807) is 18.3 Å². The Bertz CT molecular complexity index is 606. The third-order valence-electron chi connectivity index (χ3n) is 3.50. The molecule has 20 heavy (non-hydrogen) atoms. The van der Waals surface area contributed by atoms with Gasteiger partial charge >= 0.3 is 0 Å². The molecule has 5 heteroatoms. The van der Waals surface area contributed by atoms with Crippen LogP contribution in [0.25, 0.3) is 0 Å². The molecule has 1 aliphatic rings. The van der Waals surface area contributed by atoms with E-state index in [1.807, 2.05) is 6.33 Å². The number of nitrogens with zero attached hydrogens (tertiary/aromatic N) is 2. The lowest BCUT2D eigenvalue weighted by Crippen LogP contribution is -2.04. The molecule has 0 radical (unpaired) electrons. The molecule has 1 aromatic carbocycles. The number of aliphatic hydroxyl groups excluding tert-OH is 1. The number of aliphatic hydroxyl groups is 1. The summed E-state index contributed by atoms with van der Waals surface area (Å²) in [4.78, 5) is 4.13. The van der Waals surface area contributed by atoms with Gasteiger partial charge in [0.25, 0.3) is 0 Å². The Morgan fingerprint density at radius 2 is 2.30 bits per heavy atom. The number of aromatic nitrogens is 2. The van der Waals surface area contributed by atoms with Gasteiger partial charge in [-0.1, -0.05) is 0 Å². The minimum Gasteiger partial charge on any atom is -0.487 e. The van der Waals surface area contributed by atoms with Crippen molar-refractivity contribution < 1.29 is 14.2 Å². The van der Waals surface area contributed by atoms with Gasteiger partial charge in [-0.05, 0) is 31.9 Å². The monoisotopic (exact) mass is 276 g/mol. The van der Waals surface area contributed by atoms with Crippen molar-refractivity contribution in [2.75, 3.05) is 0 Å². The van der Waals surface area contributed by atoms with Crippen LogP contribution in [0, 0.1) is 5.82 Å². The molecule has 1 N–H and O–H groups in total. The van der Waals surface area contributed by atoms with Gasteiger partial charge in [0, 0.05) is 17.7 Å². The maximum Gasteiger partial charge on any atom is 0.132 e. The molecule has 0 bridgehead atoms. The van der Waals surface area contributed by atoms with Crippen molar-refractivity contribution in [2.24, 2.45) is 0 Å². The average Bonchev–Trinajstić information content (AvgIpc) is 3.15. The molecule has 2 aromatic rings. The highest BCUT2D eigenvalue weighted by molar-refractivity contribution is 5.30. The van der Waals surface area contributed by atoms with Crippen LogP contribution in [0.3, 0.4) is 0 Å². The fourth-order valence-corrected chi connectivity index (χ4v) is 2.22. The predicted molar refractivity (Wildman–Crippen MR) is 71.9 cm³/mol. The quantitative estimate of drug-likeness (QED) is 0.913. The molecule has 1 aliphatic carbocycles. The van der Waals surface area contributed by atoms with Gasteiger partial charge in [0.05, 0.1) is 24.3 Å². The van der Waals surface area contributed by atoms with Crippen LogP contribution in [-0.4, -0.2) is 14.7 Å². The summed E-state index contributed by atoms with van der Waals surface area (Å²) in [7, 11) is 0. The molecule has 0 unspecified atom stereocenters. The summed E-state index contributed by atoms with van der Waals surface area (Å²) in [5.41, 5.74) is 1.27.